The summed E-state index contributed by atoms with van der Waals surface area (Å²) in [5.74, 6) is 0.905. The minimum absolute atomic E-state index is 0.0484. The van der Waals surface area contributed by atoms with E-state index in [1.165, 1.54) is 0 Å². The summed E-state index contributed by atoms with van der Waals surface area (Å²) in [7, 11) is 1.65. The highest BCUT2D eigenvalue weighted by Crippen LogP contribution is 2.49. The van der Waals surface area contributed by atoms with Crippen molar-refractivity contribution >= 4 is 5.91 Å². The highest BCUT2D eigenvalue weighted by Gasteiger charge is 2.51. The zero-order chi connectivity index (χ0) is 15.5. The number of aliphatic hydroxyl groups is 1. The Morgan fingerprint density at radius 3 is 2.71 bits per heavy atom. The van der Waals surface area contributed by atoms with Gasteiger partial charge in [0.2, 0.25) is 5.91 Å². The van der Waals surface area contributed by atoms with Crippen LogP contribution in [0.15, 0.2) is 18.2 Å². The monoisotopic (exact) mass is 291 g/mol. The predicted molar refractivity (Wildman–Crippen MR) is 82.6 cm³/mol. The van der Waals surface area contributed by atoms with Gasteiger partial charge >= 0.3 is 0 Å². The Balaban J connectivity index is 2.16. The topological polar surface area (TPSA) is 58.6 Å². The first kappa shape index (κ1) is 15.8. The lowest BCUT2D eigenvalue weighted by Crippen LogP contribution is -2.41. The minimum atomic E-state index is -0.399. The van der Waals surface area contributed by atoms with Crippen molar-refractivity contribution in [3.05, 3.63) is 29.3 Å². The summed E-state index contributed by atoms with van der Waals surface area (Å²) in [6, 6.07) is 6.06. The number of aryl methyl sites for hydroxylation is 1. The van der Waals surface area contributed by atoms with E-state index in [2.05, 4.69) is 5.32 Å². The molecule has 116 valence electrons. The molecule has 0 aromatic heterocycles. The molecule has 4 nitrogen and oxygen atoms in total. The molecule has 1 aliphatic carbocycles. The molecular weight excluding hydrogens is 266 g/mol. The molecule has 0 heterocycles. The molecule has 1 aliphatic rings. The van der Waals surface area contributed by atoms with Crippen molar-refractivity contribution in [2.24, 2.45) is 0 Å². The summed E-state index contributed by atoms with van der Waals surface area (Å²) >= 11 is 0. The van der Waals surface area contributed by atoms with Crippen LogP contribution in [0.25, 0.3) is 0 Å². The molecule has 2 rings (SSSR count). The van der Waals surface area contributed by atoms with E-state index in [1.54, 1.807) is 7.11 Å². The summed E-state index contributed by atoms with van der Waals surface area (Å²) in [5, 5.41) is 12.1. The van der Waals surface area contributed by atoms with Crippen molar-refractivity contribution in [3.63, 3.8) is 0 Å². The van der Waals surface area contributed by atoms with Crippen molar-refractivity contribution in [2.75, 3.05) is 13.7 Å². The third kappa shape index (κ3) is 3.21. The van der Waals surface area contributed by atoms with E-state index in [0.29, 0.717) is 6.42 Å². The zero-order valence-corrected chi connectivity index (χ0v) is 13.1. The fourth-order valence-corrected chi connectivity index (χ4v) is 2.75. The summed E-state index contributed by atoms with van der Waals surface area (Å²) in [6.07, 6.45) is 3.19. The van der Waals surface area contributed by atoms with Crippen LogP contribution in [0.4, 0.5) is 0 Å². The van der Waals surface area contributed by atoms with Crippen LogP contribution in [0.2, 0.25) is 0 Å². The third-order valence-electron chi connectivity index (χ3n) is 4.45. The van der Waals surface area contributed by atoms with E-state index in [-0.39, 0.29) is 18.6 Å². The standard InChI is InChI=1S/C17H25NO3/c1-4-14(7-10-19)18-16(20)17(8-9-17)13-6-5-12(2)15(11-13)21-3/h5-6,11,14,19H,4,7-10H2,1-3H3,(H,18,20). The molecule has 21 heavy (non-hydrogen) atoms. The van der Waals surface area contributed by atoms with Crippen LogP contribution in [0, 0.1) is 6.92 Å². The summed E-state index contributed by atoms with van der Waals surface area (Å²) in [5.41, 5.74) is 1.70. The molecule has 1 aromatic carbocycles. The maximum absolute atomic E-state index is 12.6. The first-order valence-corrected chi connectivity index (χ1v) is 7.64. The van der Waals surface area contributed by atoms with E-state index in [1.807, 2.05) is 32.0 Å². The Morgan fingerprint density at radius 1 is 1.48 bits per heavy atom. The van der Waals surface area contributed by atoms with Crippen LogP contribution < -0.4 is 10.1 Å². The number of methoxy groups -OCH3 is 1. The Morgan fingerprint density at radius 2 is 2.19 bits per heavy atom. The van der Waals surface area contributed by atoms with Crippen molar-refractivity contribution < 1.29 is 14.6 Å². The maximum atomic E-state index is 12.6. The molecule has 1 saturated carbocycles. The minimum Gasteiger partial charge on any atom is -0.496 e. The van der Waals surface area contributed by atoms with Crippen molar-refractivity contribution in [3.8, 4) is 5.75 Å². The normalized spacial score (nSPS) is 17.1. The van der Waals surface area contributed by atoms with Gasteiger partial charge in [0.1, 0.15) is 5.75 Å². The van der Waals surface area contributed by atoms with Crippen molar-refractivity contribution in [1.29, 1.82) is 0 Å². The zero-order valence-electron chi connectivity index (χ0n) is 13.1. The van der Waals surface area contributed by atoms with E-state index < -0.39 is 5.41 Å². The van der Waals surface area contributed by atoms with Gasteiger partial charge in [-0.25, -0.2) is 0 Å². The Hall–Kier alpha value is -1.55. The van der Waals surface area contributed by atoms with E-state index >= 15 is 0 Å². The predicted octanol–water partition coefficient (Wildman–Crippen LogP) is 2.31. The first-order valence-electron chi connectivity index (χ1n) is 7.64. The molecule has 1 aromatic rings. The summed E-state index contributed by atoms with van der Waals surface area (Å²) < 4.78 is 5.36. The van der Waals surface area contributed by atoms with Crippen LogP contribution in [-0.2, 0) is 10.2 Å². The van der Waals surface area contributed by atoms with Crippen LogP contribution >= 0.6 is 0 Å². The molecule has 4 heteroatoms. The lowest BCUT2D eigenvalue weighted by molar-refractivity contribution is -0.124. The number of carbonyl (C=O) groups is 1. The van der Waals surface area contributed by atoms with E-state index in [4.69, 9.17) is 9.84 Å². The second-order valence-corrected chi connectivity index (χ2v) is 5.86. The lowest BCUT2D eigenvalue weighted by Gasteiger charge is -2.22. The van der Waals surface area contributed by atoms with Crippen molar-refractivity contribution in [2.45, 2.75) is 51.0 Å². The molecule has 1 atom stereocenters. The van der Waals surface area contributed by atoms with Gasteiger partial charge in [0, 0.05) is 12.6 Å². The van der Waals surface area contributed by atoms with Crippen LogP contribution in [0.5, 0.6) is 5.75 Å². The Kier molecular flexibility index (Phi) is 4.88. The average Bonchev–Trinajstić information content (AvgIpc) is 3.29. The number of rotatable bonds is 7. The number of aliphatic hydroxyl groups excluding tert-OH is 1. The maximum Gasteiger partial charge on any atom is 0.230 e. The number of carbonyl (C=O) groups excluding carboxylic acids is 1. The molecule has 0 bridgehead atoms. The van der Waals surface area contributed by atoms with Crippen LogP contribution in [-0.4, -0.2) is 30.8 Å². The van der Waals surface area contributed by atoms with Gasteiger partial charge in [-0.2, -0.15) is 0 Å². The number of amides is 1. The first-order chi connectivity index (χ1) is 10.1. The van der Waals surface area contributed by atoms with E-state index in [0.717, 1.165) is 36.1 Å². The largest absolute Gasteiger partial charge is 0.496 e. The van der Waals surface area contributed by atoms with E-state index in [9.17, 15) is 4.79 Å². The summed E-state index contributed by atoms with van der Waals surface area (Å²) in [4.78, 5) is 12.6. The molecule has 1 unspecified atom stereocenters. The van der Waals surface area contributed by atoms with Gasteiger partial charge < -0.3 is 15.2 Å². The molecule has 0 radical (unpaired) electrons. The molecule has 0 saturated heterocycles. The second kappa shape index (κ2) is 6.48. The third-order valence-corrected chi connectivity index (χ3v) is 4.45. The molecule has 2 N–H and O–H groups in total. The smallest absolute Gasteiger partial charge is 0.230 e. The van der Waals surface area contributed by atoms with Gasteiger partial charge in [0.25, 0.3) is 0 Å². The molecule has 1 amide bonds. The Bertz CT molecular complexity index is 509. The van der Waals surface area contributed by atoms with Gasteiger partial charge in [0.15, 0.2) is 0 Å². The van der Waals surface area contributed by atoms with Crippen molar-refractivity contribution in [1.82, 2.24) is 5.32 Å². The number of hydrogen-bond acceptors (Lipinski definition) is 3. The number of benzene rings is 1. The fraction of sp³-hybridized carbons (Fsp3) is 0.588. The number of hydrogen-bond donors (Lipinski definition) is 2. The van der Waals surface area contributed by atoms with Gasteiger partial charge in [-0.3, -0.25) is 4.79 Å². The highest BCUT2D eigenvalue weighted by atomic mass is 16.5. The lowest BCUT2D eigenvalue weighted by atomic mass is 9.93. The number of nitrogens with one attached hydrogen (secondary N) is 1. The molecule has 0 aliphatic heterocycles. The Labute approximate surface area is 126 Å². The average molecular weight is 291 g/mol. The SMILES string of the molecule is CCC(CCO)NC(=O)C1(c2ccc(C)c(OC)c2)CC1. The molecule has 0 spiro atoms. The molecule has 1 fully saturated rings. The fourth-order valence-electron chi connectivity index (χ4n) is 2.75. The van der Waals surface area contributed by atoms with Crippen LogP contribution in [0.3, 0.4) is 0 Å². The second-order valence-electron chi connectivity index (χ2n) is 5.86. The molecular formula is C17H25NO3. The summed E-state index contributed by atoms with van der Waals surface area (Å²) in [6.45, 7) is 4.12. The van der Waals surface area contributed by atoms with Gasteiger partial charge in [0.05, 0.1) is 12.5 Å². The van der Waals surface area contributed by atoms with Gasteiger partial charge in [-0.05, 0) is 49.8 Å². The number of ether oxygens (including phenoxy) is 1. The van der Waals surface area contributed by atoms with Gasteiger partial charge in [-0.1, -0.05) is 19.1 Å². The highest BCUT2D eigenvalue weighted by molar-refractivity contribution is 5.91. The van der Waals surface area contributed by atoms with Gasteiger partial charge in [-0.15, -0.1) is 0 Å². The quantitative estimate of drug-likeness (QED) is 0.810. The van der Waals surface area contributed by atoms with Crippen LogP contribution in [0.1, 0.15) is 43.7 Å².